The predicted molar refractivity (Wildman–Crippen MR) is 68.7 cm³/mol. The molecule has 18 heavy (non-hydrogen) atoms. The highest BCUT2D eigenvalue weighted by Crippen LogP contribution is 2.50. The summed E-state index contributed by atoms with van der Waals surface area (Å²) >= 11 is 0. The Bertz CT molecular complexity index is 442. The van der Waals surface area contributed by atoms with Gasteiger partial charge in [0.2, 0.25) is 5.75 Å². The van der Waals surface area contributed by atoms with Crippen LogP contribution in [0.4, 0.5) is 0 Å². The summed E-state index contributed by atoms with van der Waals surface area (Å²) in [7, 11) is 4.80. The van der Waals surface area contributed by atoms with Crippen molar-refractivity contribution in [3.63, 3.8) is 0 Å². The van der Waals surface area contributed by atoms with Crippen LogP contribution in [0.2, 0.25) is 0 Å². The SMILES string of the molecule is COc1cc2c(c(OC)c1OC)C(C)CCC2O. The Morgan fingerprint density at radius 2 is 1.72 bits per heavy atom. The second-order valence-electron chi connectivity index (χ2n) is 4.64. The van der Waals surface area contributed by atoms with Crippen molar-refractivity contribution >= 4 is 0 Å². The Kier molecular flexibility index (Phi) is 3.66. The van der Waals surface area contributed by atoms with Crippen molar-refractivity contribution in [1.82, 2.24) is 0 Å². The Hall–Kier alpha value is -1.42. The van der Waals surface area contributed by atoms with Crippen LogP contribution in [0.3, 0.4) is 0 Å². The molecule has 0 fully saturated rings. The van der Waals surface area contributed by atoms with Crippen LogP contribution in [-0.2, 0) is 0 Å². The highest BCUT2D eigenvalue weighted by molar-refractivity contribution is 5.61. The number of ether oxygens (including phenoxy) is 3. The maximum atomic E-state index is 10.1. The molecule has 1 aliphatic rings. The van der Waals surface area contributed by atoms with E-state index >= 15 is 0 Å². The molecule has 0 aliphatic heterocycles. The quantitative estimate of drug-likeness (QED) is 0.898. The number of rotatable bonds is 3. The van der Waals surface area contributed by atoms with Gasteiger partial charge in [0.1, 0.15) is 0 Å². The molecule has 1 aliphatic carbocycles. The molecule has 2 atom stereocenters. The molecular weight excluding hydrogens is 232 g/mol. The van der Waals surface area contributed by atoms with Gasteiger partial charge in [0.15, 0.2) is 11.5 Å². The fraction of sp³-hybridized carbons (Fsp3) is 0.571. The molecular formula is C14H20O4. The summed E-state index contributed by atoms with van der Waals surface area (Å²) < 4.78 is 16.2. The normalized spacial score (nSPS) is 22.3. The van der Waals surface area contributed by atoms with Crippen molar-refractivity contribution in [2.24, 2.45) is 0 Å². The zero-order valence-corrected chi connectivity index (χ0v) is 11.3. The van der Waals surface area contributed by atoms with Crippen LogP contribution in [0.15, 0.2) is 6.07 Å². The van der Waals surface area contributed by atoms with Crippen LogP contribution in [0.5, 0.6) is 17.2 Å². The average Bonchev–Trinajstić information content (AvgIpc) is 2.40. The fourth-order valence-corrected chi connectivity index (χ4v) is 2.69. The summed E-state index contributed by atoms with van der Waals surface area (Å²) in [5, 5.41) is 10.1. The smallest absolute Gasteiger partial charge is 0.203 e. The highest BCUT2D eigenvalue weighted by Gasteiger charge is 2.30. The minimum Gasteiger partial charge on any atom is -0.493 e. The van der Waals surface area contributed by atoms with Gasteiger partial charge in [-0.2, -0.15) is 0 Å². The van der Waals surface area contributed by atoms with Crippen molar-refractivity contribution in [3.05, 3.63) is 17.2 Å². The number of aliphatic hydroxyl groups excluding tert-OH is 1. The minimum atomic E-state index is -0.454. The lowest BCUT2D eigenvalue weighted by molar-refractivity contribution is 0.149. The topological polar surface area (TPSA) is 47.9 Å². The number of fused-ring (bicyclic) bond motifs is 1. The Labute approximate surface area is 107 Å². The lowest BCUT2D eigenvalue weighted by Crippen LogP contribution is -2.15. The van der Waals surface area contributed by atoms with Gasteiger partial charge in [-0.15, -0.1) is 0 Å². The van der Waals surface area contributed by atoms with Crippen molar-refractivity contribution < 1.29 is 19.3 Å². The predicted octanol–water partition coefficient (Wildman–Crippen LogP) is 2.64. The van der Waals surface area contributed by atoms with E-state index in [-0.39, 0.29) is 0 Å². The van der Waals surface area contributed by atoms with Crippen molar-refractivity contribution in [3.8, 4) is 17.2 Å². The van der Waals surface area contributed by atoms with E-state index < -0.39 is 6.10 Å². The van der Waals surface area contributed by atoms with Crippen molar-refractivity contribution in [2.45, 2.75) is 31.8 Å². The minimum absolute atomic E-state index is 0.346. The van der Waals surface area contributed by atoms with Crippen LogP contribution in [0.1, 0.15) is 42.9 Å². The zero-order chi connectivity index (χ0) is 13.3. The largest absolute Gasteiger partial charge is 0.493 e. The zero-order valence-electron chi connectivity index (χ0n) is 11.3. The molecule has 0 spiro atoms. The summed E-state index contributed by atoms with van der Waals surface area (Å²) in [6, 6.07) is 1.86. The lowest BCUT2D eigenvalue weighted by Gasteiger charge is -2.30. The molecule has 0 amide bonds. The first kappa shape index (κ1) is 13.0. The van der Waals surface area contributed by atoms with Gasteiger partial charge in [0.25, 0.3) is 0 Å². The van der Waals surface area contributed by atoms with Gasteiger partial charge < -0.3 is 19.3 Å². The van der Waals surface area contributed by atoms with Crippen LogP contribution in [-0.4, -0.2) is 26.4 Å². The van der Waals surface area contributed by atoms with Crippen LogP contribution in [0, 0.1) is 0 Å². The van der Waals surface area contributed by atoms with E-state index in [0.717, 1.165) is 24.0 Å². The number of hydrogen-bond donors (Lipinski definition) is 1. The molecule has 2 unspecified atom stereocenters. The molecule has 0 radical (unpaired) electrons. The van der Waals surface area contributed by atoms with Gasteiger partial charge in [-0.3, -0.25) is 0 Å². The summed E-state index contributed by atoms with van der Waals surface area (Å²) in [5.41, 5.74) is 1.93. The molecule has 4 heteroatoms. The maximum Gasteiger partial charge on any atom is 0.203 e. The molecule has 0 saturated heterocycles. The third kappa shape index (κ3) is 1.90. The van der Waals surface area contributed by atoms with Crippen molar-refractivity contribution in [2.75, 3.05) is 21.3 Å². The molecule has 0 saturated carbocycles. The molecule has 0 heterocycles. The Morgan fingerprint density at radius 3 is 2.28 bits per heavy atom. The van der Waals surface area contributed by atoms with Gasteiger partial charge in [0.05, 0.1) is 27.4 Å². The van der Waals surface area contributed by atoms with E-state index in [1.54, 1.807) is 21.3 Å². The van der Waals surface area contributed by atoms with Gasteiger partial charge >= 0.3 is 0 Å². The third-order valence-corrected chi connectivity index (χ3v) is 3.63. The van der Waals surface area contributed by atoms with E-state index in [4.69, 9.17) is 14.2 Å². The molecule has 1 aromatic carbocycles. The first-order chi connectivity index (χ1) is 8.63. The van der Waals surface area contributed by atoms with Crippen LogP contribution in [0.25, 0.3) is 0 Å². The van der Waals surface area contributed by atoms with E-state index in [1.165, 1.54) is 0 Å². The van der Waals surface area contributed by atoms with Gasteiger partial charge in [-0.25, -0.2) is 0 Å². The summed E-state index contributed by atoms with van der Waals surface area (Å²) in [4.78, 5) is 0. The lowest BCUT2D eigenvalue weighted by atomic mass is 9.81. The second kappa shape index (κ2) is 5.06. The fourth-order valence-electron chi connectivity index (χ4n) is 2.69. The van der Waals surface area contributed by atoms with Crippen molar-refractivity contribution in [1.29, 1.82) is 0 Å². The number of aliphatic hydroxyl groups is 1. The summed E-state index contributed by atoms with van der Waals surface area (Å²) in [6.45, 7) is 2.14. The number of benzene rings is 1. The second-order valence-corrected chi connectivity index (χ2v) is 4.64. The van der Waals surface area contributed by atoms with E-state index in [1.807, 2.05) is 6.07 Å². The summed E-state index contributed by atoms with van der Waals surface area (Å²) in [6.07, 6.45) is 1.26. The van der Waals surface area contributed by atoms with E-state index in [2.05, 4.69) is 6.92 Å². The molecule has 0 aromatic heterocycles. The van der Waals surface area contributed by atoms with Crippen LogP contribution >= 0.6 is 0 Å². The summed E-state index contributed by atoms with van der Waals surface area (Å²) in [5.74, 6) is 2.22. The highest BCUT2D eigenvalue weighted by atomic mass is 16.5. The first-order valence-electron chi connectivity index (χ1n) is 6.14. The third-order valence-electron chi connectivity index (χ3n) is 3.63. The van der Waals surface area contributed by atoms with Crippen LogP contribution < -0.4 is 14.2 Å². The molecule has 1 N–H and O–H groups in total. The Morgan fingerprint density at radius 1 is 1.06 bits per heavy atom. The van der Waals surface area contributed by atoms with E-state index in [0.29, 0.717) is 23.2 Å². The Balaban J connectivity index is 2.70. The molecule has 0 bridgehead atoms. The van der Waals surface area contributed by atoms with Gasteiger partial charge in [-0.1, -0.05) is 6.92 Å². The van der Waals surface area contributed by atoms with Gasteiger partial charge in [-0.05, 0) is 30.4 Å². The number of methoxy groups -OCH3 is 3. The molecule has 4 nitrogen and oxygen atoms in total. The molecule has 2 rings (SSSR count). The average molecular weight is 252 g/mol. The molecule has 1 aromatic rings. The maximum absolute atomic E-state index is 10.1. The molecule has 100 valence electrons. The first-order valence-corrected chi connectivity index (χ1v) is 6.14. The van der Waals surface area contributed by atoms with E-state index in [9.17, 15) is 5.11 Å². The monoisotopic (exact) mass is 252 g/mol. The standard InChI is InChI=1S/C14H20O4/c1-8-5-6-10(15)9-7-11(16-2)13(17-3)14(18-4)12(8)9/h7-8,10,15H,5-6H2,1-4H3. The number of hydrogen-bond acceptors (Lipinski definition) is 4. The van der Waals surface area contributed by atoms with Gasteiger partial charge in [0, 0.05) is 5.56 Å².